The molecule has 2 aromatic rings. The van der Waals surface area contributed by atoms with Crippen molar-refractivity contribution in [3.63, 3.8) is 0 Å². The fourth-order valence-electron chi connectivity index (χ4n) is 2.90. The average Bonchev–Trinajstić information content (AvgIpc) is 3.27. The van der Waals surface area contributed by atoms with Crippen molar-refractivity contribution in [1.82, 2.24) is 10.2 Å². The van der Waals surface area contributed by atoms with E-state index in [0.717, 1.165) is 25.6 Å². The summed E-state index contributed by atoms with van der Waals surface area (Å²) < 4.78 is 5.15. The van der Waals surface area contributed by atoms with Gasteiger partial charge in [-0.15, -0.1) is 11.3 Å². The van der Waals surface area contributed by atoms with Crippen LogP contribution in [0.3, 0.4) is 0 Å². The molecule has 5 heteroatoms. The summed E-state index contributed by atoms with van der Waals surface area (Å²) in [6.45, 7) is 3.82. The summed E-state index contributed by atoms with van der Waals surface area (Å²) in [4.78, 5) is 15.7. The molecule has 0 atom stereocenters. The Morgan fingerprint density at radius 3 is 2.91 bits per heavy atom. The molecule has 1 amide bonds. The van der Waals surface area contributed by atoms with E-state index in [4.69, 9.17) is 4.42 Å². The smallest absolute Gasteiger partial charge is 0.244 e. The van der Waals surface area contributed by atoms with Gasteiger partial charge in [0.15, 0.2) is 0 Å². The number of nitrogens with one attached hydrogen (secondary N) is 1. The lowest BCUT2D eigenvalue weighted by Gasteiger charge is -2.31. The number of amides is 1. The van der Waals surface area contributed by atoms with Crippen molar-refractivity contribution in [3.8, 4) is 0 Å². The van der Waals surface area contributed by atoms with Crippen LogP contribution in [-0.2, 0) is 4.79 Å². The first-order valence-corrected chi connectivity index (χ1v) is 8.94. The van der Waals surface area contributed by atoms with E-state index in [1.165, 1.54) is 23.8 Å². The van der Waals surface area contributed by atoms with Crippen LogP contribution in [-0.4, -0.2) is 37.0 Å². The highest BCUT2D eigenvalue weighted by Gasteiger charge is 2.20. The van der Waals surface area contributed by atoms with Gasteiger partial charge < -0.3 is 14.6 Å². The van der Waals surface area contributed by atoms with E-state index >= 15 is 0 Å². The number of piperidine rings is 1. The predicted octanol–water partition coefficient (Wildman–Crippen LogP) is 3.35. The van der Waals surface area contributed by atoms with Gasteiger partial charge in [0.2, 0.25) is 5.91 Å². The third-order valence-electron chi connectivity index (χ3n) is 4.20. The molecule has 4 nitrogen and oxygen atoms in total. The Balaban J connectivity index is 1.33. The van der Waals surface area contributed by atoms with Gasteiger partial charge in [0, 0.05) is 24.0 Å². The van der Waals surface area contributed by atoms with Gasteiger partial charge >= 0.3 is 0 Å². The molecule has 0 aromatic carbocycles. The second-order valence-electron chi connectivity index (χ2n) is 5.77. The second kappa shape index (κ2) is 8.13. The maximum Gasteiger partial charge on any atom is 0.244 e. The lowest BCUT2D eigenvalue weighted by molar-refractivity contribution is -0.116. The topological polar surface area (TPSA) is 45.5 Å². The Labute approximate surface area is 140 Å². The van der Waals surface area contributed by atoms with Crippen molar-refractivity contribution in [1.29, 1.82) is 0 Å². The molecular formula is C18H22N2O2S. The minimum absolute atomic E-state index is 0.0742. The molecule has 1 fully saturated rings. The van der Waals surface area contributed by atoms with Gasteiger partial charge in [-0.25, -0.2) is 0 Å². The highest BCUT2D eigenvalue weighted by molar-refractivity contribution is 7.10. The molecule has 0 radical (unpaired) electrons. The lowest BCUT2D eigenvalue weighted by Crippen LogP contribution is -2.38. The van der Waals surface area contributed by atoms with Crippen molar-refractivity contribution >= 4 is 23.3 Å². The van der Waals surface area contributed by atoms with E-state index in [9.17, 15) is 4.79 Å². The summed E-state index contributed by atoms with van der Waals surface area (Å²) in [6.07, 6.45) is 7.22. The monoisotopic (exact) mass is 330 g/mol. The van der Waals surface area contributed by atoms with Gasteiger partial charge in [0.25, 0.3) is 0 Å². The van der Waals surface area contributed by atoms with Crippen LogP contribution in [0.4, 0.5) is 0 Å². The standard InChI is InChI=1S/C18H22N2O2S/c21-18(6-5-16-3-1-13-22-16)19-9-12-20-10-7-15(8-11-20)17-4-2-14-23-17/h1-6,13-15H,7-12H2,(H,19,21)/b6-5+. The Hall–Kier alpha value is -1.85. The number of likely N-dealkylation sites (tertiary alicyclic amines) is 1. The van der Waals surface area contributed by atoms with Gasteiger partial charge in [-0.3, -0.25) is 4.79 Å². The average molecular weight is 330 g/mol. The number of carbonyl (C=O) groups is 1. The molecule has 0 spiro atoms. The highest BCUT2D eigenvalue weighted by atomic mass is 32.1. The molecule has 1 aliphatic rings. The van der Waals surface area contributed by atoms with Crippen LogP contribution in [0.5, 0.6) is 0 Å². The fraction of sp³-hybridized carbons (Fsp3) is 0.389. The van der Waals surface area contributed by atoms with E-state index in [1.807, 2.05) is 17.4 Å². The molecule has 122 valence electrons. The zero-order valence-corrected chi connectivity index (χ0v) is 13.9. The van der Waals surface area contributed by atoms with Gasteiger partial charge in [-0.2, -0.15) is 0 Å². The number of hydrogen-bond donors (Lipinski definition) is 1. The van der Waals surface area contributed by atoms with Gasteiger partial charge in [0.1, 0.15) is 5.76 Å². The van der Waals surface area contributed by atoms with Crippen molar-refractivity contribution in [3.05, 3.63) is 52.6 Å². The zero-order chi connectivity index (χ0) is 15.9. The van der Waals surface area contributed by atoms with Crippen LogP contribution in [0.25, 0.3) is 6.08 Å². The SMILES string of the molecule is O=C(/C=C/c1ccco1)NCCN1CCC(c2cccs2)CC1. The third-order valence-corrected chi connectivity index (χ3v) is 5.24. The number of rotatable bonds is 6. The summed E-state index contributed by atoms with van der Waals surface area (Å²) in [5.41, 5.74) is 0. The quantitative estimate of drug-likeness (QED) is 0.826. The molecular weight excluding hydrogens is 308 g/mol. The van der Waals surface area contributed by atoms with Crippen molar-refractivity contribution < 1.29 is 9.21 Å². The van der Waals surface area contributed by atoms with Crippen LogP contribution in [0.15, 0.2) is 46.4 Å². The third kappa shape index (κ3) is 4.81. The fourth-order valence-corrected chi connectivity index (χ4v) is 3.80. The van der Waals surface area contributed by atoms with Gasteiger partial charge in [-0.1, -0.05) is 6.07 Å². The minimum atomic E-state index is -0.0742. The number of furan rings is 1. The largest absolute Gasteiger partial charge is 0.465 e. The number of nitrogens with zero attached hydrogens (tertiary/aromatic N) is 1. The van der Waals surface area contributed by atoms with Crippen LogP contribution in [0.1, 0.15) is 29.4 Å². The summed E-state index contributed by atoms with van der Waals surface area (Å²) in [5, 5.41) is 5.08. The van der Waals surface area contributed by atoms with Crippen LogP contribution in [0.2, 0.25) is 0 Å². The van der Waals surface area contributed by atoms with Gasteiger partial charge in [-0.05, 0) is 61.5 Å². The Bertz CT molecular complexity index is 612. The molecule has 3 rings (SSSR count). The Kier molecular flexibility index (Phi) is 5.66. The van der Waals surface area contributed by atoms with Crippen molar-refractivity contribution in [2.24, 2.45) is 0 Å². The van der Waals surface area contributed by atoms with Gasteiger partial charge in [0.05, 0.1) is 6.26 Å². The molecule has 0 unspecified atom stereocenters. The molecule has 0 saturated carbocycles. The van der Waals surface area contributed by atoms with E-state index in [2.05, 4.69) is 27.7 Å². The van der Waals surface area contributed by atoms with E-state index in [0.29, 0.717) is 12.3 Å². The van der Waals surface area contributed by atoms with E-state index in [1.54, 1.807) is 18.4 Å². The Morgan fingerprint density at radius 1 is 1.35 bits per heavy atom. The van der Waals surface area contributed by atoms with Crippen LogP contribution < -0.4 is 5.32 Å². The molecule has 3 heterocycles. The summed E-state index contributed by atoms with van der Waals surface area (Å²) in [6, 6.07) is 8.01. The number of carbonyl (C=O) groups excluding carboxylic acids is 1. The summed E-state index contributed by atoms with van der Waals surface area (Å²) in [5.74, 6) is 1.34. The maximum atomic E-state index is 11.7. The van der Waals surface area contributed by atoms with Crippen molar-refractivity contribution in [2.45, 2.75) is 18.8 Å². The second-order valence-corrected chi connectivity index (χ2v) is 6.75. The first kappa shape index (κ1) is 16.0. The Morgan fingerprint density at radius 2 is 2.22 bits per heavy atom. The normalized spacial score (nSPS) is 16.9. The predicted molar refractivity (Wildman–Crippen MR) is 93.5 cm³/mol. The zero-order valence-electron chi connectivity index (χ0n) is 13.1. The van der Waals surface area contributed by atoms with Crippen molar-refractivity contribution in [2.75, 3.05) is 26.2 Å². The van der Waals surface area contributed by atoms with Crippen LogP contribution in [0, 0.1) is 0 Å². The molecule has 2 aromatic heterocycles. The number of hydrogen-bond acceptors (Lipinski definition) is 4. The van der Waals surface area contributed by atoms with E-state index < -0.39 is 0 Å². The summed E-state index contributed by atoms with van der Waals surface area (Å²) >= 11 is 1.87. The minimum Gasteiger partial charge on any atom is -0.465 e. The maximum absolute atomic E-state index is 11.7. The summed E-state index contributed by atoms with van der Waals surface area (Å²) in [7, 11) is 0. The van der Waals surface area contributed by atoms with E-state index in [-0.39, 0.29) is 5.91 Å². The van der Waals surface area contributed by atoms with Crippen LogP contribution >= 0.6 is 11.3 Å². The first-order valence-electron chi connectivity index (χ1n) is 8.06. The molecule has 23 heavy (non-hydrogen) atoms. The highest BCUT2D eigenvalue weighted by Crippen LogP contribution is 2.30. The number of thiophene rings is 1. The lowest BCUT2D eigenvalue weighted by atomic mass is 9.95. The molecule has 0 aliphatic carbocycles. The molecule has 1 saturated heterocycles. The first-order chi connectivity index (χ1) is 11.3. The molecule has 1 aliphatic heterocycles. The molecule has 0 bridgehead atoms. The molecule has 1 N–H and O–H groups in total.